The Bertz CT molecular complexity index is 706. The van der Waals surface area contributed by atoms with Gasteiger partial charge in [-0.05, 0) is 42.0 Å². The van der Waals surface area contributed by atoms with Crippen LogP contribution in [0.2, 0.25) is 0 Å². The number of hydrogen-bond acceptors (Lipinski definition) is 2. The molecule has 1 atom stereocenters. The van der Waals surface area contributed by atoms with E-state index in [1.54, 1.807) is 0 Å². The van der Waals surface area contributed by atoms with Crippen molar-refractivity contribution in [2.75, 3.05) is 0 Å². The van der Waals surface area contributed by atoms with Crippen LogP contribution in [0.15, 0.2) is 48.5 Å². The van der Waals surface area contributed by atoms with Crippen molar-refractivity contribution in [3.63, 3.8) is 0 Å². The summed E-state index contributed by atoms with van der Waals surface area (Å²) in [5.74, 6) is -0.253. The molecule has 3 rings (SSSR count). The molecule has 3 heteroatoms. The largest absolute Gasteiger partial charge is 0.369 e. The first-order chi connectivity index (χ1) is 11.5. The Kier molecular flexibility index (Phi) is 4.46. The fraction of sp³-hybridized carbons (Fsp3) is 0.381. The monoisotopic (exact) mass is 322 g/mol. The Hall–Kier alpha value is -2.13. The molecule has 1 aliphatic carbocycles. The Labute approximate surface area is 144 Å². The van der Waals surface area contributed by atoms with Crippen LogP contribution < -0.4 is 11.1 Å². The minimum atomic E-state index is -0.722. The molecule has 0 fully saturated rings. The maximum Gasteiger partial charge on any atom is 0.232 e. The highest BCUT2D eigenvalue weighted by Crippen LogP contribution is 2.51. The quantitative estimate of drug-likeness (QED) is 0.853. The van der Waals surface area contributed by atoms with E-state index in [4.69, 9.17) is 5.73 Å². The maximum absolute atomic E-state index is 12.7. The molecule has 24 heavy (non-hydrogen) atoms. The molecule has 0 aliphatic heterocycles. The Morgan fingerprint density at radius 1 is 1.00 bits per heavy atom. The van der Waals surface area contributed by atoms with Gasteiger partial charge in [-0.1, -0.05) is 62.4 Å². The highest BCUT2D eigenvalue weighted by atomic mass is 16.1. The lowest BCUT2D eigenvalue weighted by atomic mass is 9.73. The number of benzene rings is 2. The number of amides is 1. The third-order valence-corrected chi connectivity index (χ3v) is 5.05. The molecule has 0 spiro atoms. The van der Waals surface area contributed by atoms with Gasteiger partial charge in [0.05, 0.1) is 5.41 Å². The molecule has 1 unspecified atom stereocenters. The molecular formula is C21H26N2O. The van der Waals surface area contributed by atoms with Crippen molar-refractivity contribution in [1.82, 2.24) is 5.32 Å². The first-order valence-corrected chi connectivity index (χ1v) is 8.72. The average Bonchev–Trinajstić information content (AvgIpc) is 2.84. The summed E-state index contributed by atoms with van der Waals surface area (Å²) in [5.41, 5.74) is 9.64. The molecule has 0 radical (unpaired) electrons. The second kappa shape index (κ2) is 6.40. The number of nitrogens with one attached hydrogen (secondary N) is 1. The van der Waals surface area contributed by atoms with Crippen LogP contribution in [-0.4, -0.2) is 18.0 Å². The van der Waals surface area contributed by atoms with Gasteiger partial charge >= 0.3 is 0 Å². The van der Waals surface area contributed by atoms with Crippen molar-refractivity contribution >= 4 is 5.91 Å². The number of fused-ring (bicyclic) bond motifs is 3. The van der Waals surface area contributed by atoms with Crippen LogP contribution in [0.5, 0.6) is 0 Å². The summed E-state index contributed by atoms with van der Waals surface area (Å²) in [6.45, 7) is 6.45. The van der Waals surface area contributed by atoms with Crippen LogP contribution in [0, 0.1) is 0 Å². The molecule has 1 amide bonds. The molecular weight excluding hydrogens is 296 g/mol. The fourth-order valence-electron chi connectivity index (χ4n) is 4.07. The summed E-state index contributed by atoms with van der Waals surface area (Å²) in [5, 5.41) is 3.52. The molecule has 0 saturated carbocycles. The highest BCUT2D eigenvalue weighted by Gasteiger charge is 2.47. The molecule has 2 aromatic rings. The summed E-state index contributed by atoms with van der Waals surface area (Å²) in [4.78, 5) is 12.7. The third kappa shape index (κ3) is 2.63. The van der Waals surface area contributed by atoms with Gasteiger partial charge in [0, 0.05) is 12.1 Å². The van der Waals surface area contributed by atoms with E-state index in [-0.39, 0.29) is 5.91 Å². The van der Waals surface area contributed by atoms with Gasteiger partial charge in [-0.25, -0.2) is 0 Å². The summed E-state index contributed by atoms with van der Waals surface area (Å²) < 4.78 is 0. The zero-order valence-electron chi connectivity index (χ0n) is 14.7. The lowest BCUT2D eigenvalue weighted by Crippen LogP contribution is -2.42. The van der Waals surface area contributed by atoms with E-state index in [1.165, 1.54) is 0 Å². The first-order valence-electron chi connectivity index (χ1n) is 8.72. The van der Waals surface area contributed by atoms with Crippen molar-refractivity contribution in [3.05, 3.63) is 59.7 Å². The normalized spacial score (nSPS) is 15.8. The van der Waals surface area contributed by atoms with Crippen LogP contribution in [0.4, 0.5) is 0 Å². The number of carbonyl (C=O) groups excluding carboxylic acids is 1. The van der Waals surface area contributed by atoms with Crippen molar-refractivity contribution in [2.24, 2.45) is 5.73 Å². The van der Waals surface area contributed by atoms with E-state index in [1.807, 2.05) is 24.3 Å². The van der Waals surface area contributed by atoms with Crippen LogP contribution in [0.25, 0.3) is 11.1 Å². The number of carbonyl (C=O) groups is 1. The van der Waals surface area contributed by atoms with Crippen LogP contribution >= 0.6 is 0 Å². The summed E-state index contributed by atoms with van der Waals surface area (Å²) in [6.07, 6.45) is 1.61. The molecule has 3 nitrogen and oxygen atoms in total. The first kappa shape index (κ1) is 16.7. The molecule has 3 N–H and O–H groups in total. The summed E-state index contributed by atoms with van der Waals surface area (Å²) >= 11 is 0. The van der Waals surface area contributed by atoms with E-state index in [9.17, 15) is 4.79 Å². The molecule has 0 saturated heterocycles. The second-order valence-corrected chi connectivity index (χ2v) is 7.12. The minimum absolute atomic E-state index is 0.253. The number of primary amides is 1. The number of rotatable bonds is 6. The lowest BCUT2D eigenvalue weighted by Gasteiger charge is -2.30. The van der Waals surface area contributed by atoms with Gasteiger partial charge in [-0.3, -0.25) is 4.79 Å². The predicted octanol–water partition coefficient (Wildman–Crippen LogP) is 3.61. The van der Waals surface area contributed by atoms with Gasteiger partial charge in [0.25, 0.3) is 0 Å². The van der Waals surface area contributed by atoms with Crippen LogP contribution in [0.1, 0.15) is 44.7 Å². The van der Waals surface area contributed by atoms with E-state index in [2.05, 4.69) is 50.4 Å². The van der Waals surface area contributed by atoms with Crippen molar-refractivity contribution in [3.8, 4) is 11.1 Å². The van der Waals surface area contributed by atoms with E-state index in [0.717, 1.165) is 35.1 Å². The van der Waals surface area contributed by atoms with Gasteiger partial charge in [0.15, 0.2) is 0 Å². The van der Waals surface area contributed by atoms with E-state index < -0.39 is 5.41 Å². The fourth-order valence-corrected chi connectivity index (χ4v) is 4.07. The van der Waals surface area contributed by atoms with Gasteiger partial charge in [0.1, 0.15) is 0 Å². The highest BCUT2D eigenvalue weighted by molar-refractivity contribution is 5.99. The summed E-state index contributed by atoms with van der Waals surface area (Å²) in [6, 6.07) is 17.1. The molecule has 0 bridgehead atoms. The Morgan fingerprint density at radius 3 is 1.96 bits per heavy atom. The van der Waals surface area contributed by atoms with Crippen LogP contribution in [0.3, 0.4) is 0 Å². The maximum atomic E-state index is 12.7. The molecule has 126 valence electrons. The summed E-state index contributed by atoms with van der Waals surface area (Å²) in [7, 11) is 0. The van der Waals surface area contributed by atoms with Crippen molar-refractivity contribution in [1.29, 1.82) is 0 Å². The minimum Gasteiger partial charge on any atom is -0.369 e. The Balaban J connectivity index is 2.05. The van der Waals surface area contributed by atoms with Gasteiger partial charge < -0.3 is 11.1 Å². The molecule has 0 aromatic heterocycles. The van der Waals surface area contributed by atoms with Gasteiger partial charge in [-0.2, -0.15) is 0 Å². The molecule has 0 heterocycles. The molecule has 1 aliphatic rings. The van der Waals surface area contributed by atoms with Crippen molar-refractivity contribution < 1.29 is 4.79 Å². The standard InChI is InChI=1S/C21H26N2O/c1-14(2)23-15(3)12-13-21(20(22)24)18-10-6-4-8-16(18)17-9-5-7-11-19(17)21/h4-11,14-15,23H,12-13H2,1-3H3,(H2,22,24). The SMILES string of the molecule is CC(C)NC(C)CCC1(C(N)=O)c2ccccc2-c2ccccc21. The van der Waals surface area contributed by atoms with E-state index in [0.29, 0.717) is 12.1 Å². The average molecular weight is 322 g/mol. The smallest absolute Gasteiger partial charge is 0.232 e. The van der Waals surface area contributed by atoms with Gasteiger partial charge in [-0.15, -0.1) is 0 Å². The number of nitrogens with two attached hydrogens (primary N) is 1. The Morgan fingerprint density at radius 2 is 1.50 bits per heavy atom. The number of hydrogen-bond donors (Lipinski definition) is 2. The molecule has 2 aromatic carbocycles. The third-order valence-electron chi connectivity index (χ3n) is 5.05. The predicted molar refractivity (Wildman–Crippen MR) is 98.8 cm³/mol. The van der Waals surface area contributed by atoms with Crippen molar-refractivity contribution in [2.45, 2.75) is 51.1 Å². The van der Waals surface area contributed by atoms with Crippen LogP contribution in [-0.2, 0) is 10.2 Å². The zero-order chi connectivity index (χ0) is 17.3. The topological polar surface area (TPSA) is 55.1 Å². The lowest BCUT2D eigenvalue weighted by molar-refractivity contribution is -0.122. The zero-order valence-corrected chi connectivity index (χ0v) is 14.7. The van der Waals surface area contributed by atoms with E-state index >= 15 is 0 Å². The second-order valence-electron chi connectivity index (χ2n) is 7.12. The van der Waals surface area contributed by atoms with Gasteiger partial charge in [0.2, 0.25) is 5.91 Å².